The lowest BCUT2D eigenvalue weighted by atomic mass is 10.1. The largest absolute Gasteiger partial charge is 0.384 e. The summed E-state index contributed by atoms with van der Waals surface area (Å²) in [6, 6.07) is 2.49. The first-order chi connectivity index (χ1) is 10.1. The van der Waals surface area contributed by atoms with Gasteiger partial charge in [0.25, 0.3) is 0 Å². The van der Waals surface area contributed by atoms with Gasteiger partial charge in [-0.05, 0) is 25.2 Å². The first kappa shape index (κ1) is 16.0. The van der Waals surface area contributed by atoms with Crippen LogP contribution in [0.2, 0.25) is 0 Å². The molecule has 1 heterocycles. The lowest BCUT2D eigenvalue weighted by Crippen LogP contribution is -2.35. The summed E-state index contributed by atoms with van der Waals surface area (Å²) in [4.78, 5) is 11.3. The molecule has 1 aliphatic carbocycles. The lowest BCUT2D eigenvalue weighted by Gasteiger charge is -2.31. The monoisotopic (exact) mass is 292 g/mol. The van der Waals surface area contributed by atoms with E-state index in [4.69, 9.17) is 10.5 Å². The zero-order chi connectivity index (χ0) is 15.2. The molecule has 1 aromatic rings. The number of methoxy groups -OCH3 is 1. The van der Waals surface area contributed by atoms with E-state index in [2.05, 4.69) is 28.7 Å². The Morgan fingerprint density at radius 1 is 1.33 bits per heavy atom. The van der Waals surface area contributed by atoms with Gasteiger partial charge in [-0.3, -0.25) is 0 Å². The number of nitrogens with two attached hydrogens (primary N) is 1. The van der Waals surface area contributed by atoms with E-state index in [1.54, 1.807) is 7.11 Å². The van der Waals surface area contributed by atoms with Gasteiger partial charge in [-0.25, -0.2) is 9.97 Å². The molecule has 0 aromatic carbocycles. The quantitative estimate of drug-likeness (QED) is 0.837. The zero-order valence-corrected chi connectivity index (χ0v) is 13.5. The lowest BCUT2D eigenvalue weighted by molar-refractivity contribution is 0.178. The Morgan fingerprint density at radius 3 is 2.67 bits per heavy atom. The van der Waals surface area contributed by atoms with Crippen LogP contribution in [0.3, 0.4) is 0 Å². The standard InChI is InChI=1S/C16H28N4O/c1-12(2)8-9-20(13-6-4-5-7-13)16-10-14(17)18-15(19-16)11-21-3/h10,12-13H,4-9,11H2,1-3H3,(H2,17,18,19). The molecule has 0 bridgehead atoms. The summed E-state index contributed by atoms with van der Waals surface area (Å²) >= 11 is 0. The Balaban J connectivity index is 2.21. The van der Waals surface area contributed by atoms with Crippen LogP contribution >= 0.6 is 0 Å². The molecule has 0 atom stereocenters. The van der Waals surface area contributed by atoms with Crippen molar-refractivity contribution in [2.75, 3.05) is 24.3 Å². The fraction of sp³-hybridized carbons (Fsp3) is 0.750. The minimum atomic E-state index is 0.403. The van der Waals surface area contributed by atoms with Gasteiger partial charge in [-0.2, -0.15) is 0 Å². The van der Waals surface area contributed by atoms with E-state index in [0.717, 1.165) is 12.4 Å². The van der Waals surface area contributed by atoms with Crippen LogP contribution in [0.1, 0.15) is 51.8 Å². The van der Waals surface area contributed by atoms with Crippen molar-refractivity contribution in [3.8, 4) is 0 Å². The van der Waals surface area contributed by atoms with Crippen LogP contribution in [-0.4, -0.2) is 29.7 Å². The van der Waals surface area contributed by atoms with Crippen molar-refractivity contribution in [1.82, 2.24) is 9.97 Å². The van der Waals surface area contributed by atoms with Crippen LogP contribution in [0.4, 0.5) is 11.6 Å². The minimum Gasteiger partial charge on any atom is -0.384 e. The number of nitrogens with zero attached hydrogens (tertiary/aromatic N) is 3. The number of ether oxygens (including phenoxy) is 1. The molecule has 1 aromatic heterocycles. The Bertz CT molecular complexity index is 444. The van der Waals surface area contributed by atoms with Crippen LogP contribution in [0, 0.1) is 5.92 Å². The molecule has 0 unspecified atom stereocenters. The van der Waals surface area contributed by atoms with Crippen LogP contribution in [0.25, 0.3) is 0 Å². The highest BCUT2D eigenvalue weighted by molar-refractivity contribution is 5.48. The second kappa shape index (κ2) is 7.59. The molecule has 5 nitrogen and oxygen atoms in total. The number of anilines is 2. The fourth-order valence-corrected chi connectivity index (χ4v) is 2.94. The molecule has 0 spiro atoms. The van der Waals surface area contributed by atoms with E-state index in [0.29, 0.717) is 30.2 Å². The van der Waals surface area contributed by atoms with Gasteiger partial charge in [-0.1, -0.05) is 26.7 Å². The molecule has 1 aliphatic rings. The van der Waals surface area contributed by atoms with Gasteiger partial charge in [0, 0.05) is 25.8 Å². The van der Waals surface area contributed by atoms with Crippen molar-refractivity contribution in [2.24, 2.45) is 5.92 Å². The average molecular weight is 292 g/mol. The van der Waals surface area contributed by atoms with Crippen LogP contribution in [0.5, 0.6) is 0 Å². The highest BCUT2D eigenvalue weighted by atomic mass is 16.5. The maximum absolute atomic E-state index is 5.95. The van der Waals surface area contributed by atoms with Crippen molar-refractivity contribution in [3.63, 3.8) is 0 Å². The summed E-state index contributed by atoms with van der Waals surface area (Å²) in [5.41, 5.74) is 5.95. The third-order valence-electron chi connectivity index (χ3n) is 4.06. The number of aromatic nitrogens is 2. The Labute approximate surface area is 127 Å². The number of rotatable bonds is 7. The van der Waals surface area contributed by atoms with Gasteiger partial charge in [0.05, 0.1) is 0 Å². The second-order valence-corrected chi connectivity index (χ2v) is 6.31. The summed E-state index contributed by atoms with van der Waals surface area (Å²) in [5, 5.41) is 0. The Hall–Kier alpha value is -1.36. The molecular weight excluding hydrogens is 264 g/mol. The molecule has 2 rings (SSSR count). The number of nitrogen functional groups attached to an aromatic ring is 1. The fourth-order valence-electron chi connectivity index (χ4n) is 2.94. The Morgan fingerprint density at radius 2 is 2.05 bits per heavy atom. The van der Waals surface area contributed by atoms with E-state index < -0.39 is 0 Å². The predicted molar refractivity (Wildman–Crippen MR) is 86.2 cm³/mol. The molecule has 2 N–H and O–H groups in total. The third-order valence-corrected chi connectivity index (χ3v) is 4.06. The molecule has 21 heavy (non-hydrogen) atoms. The minimum absolute atomic E-state index is 0.403. The third kappa shape index (κ3) is 4.56. The maximum atomic E-state index is 5.95. The highest BCUT2D eigenvalue weighted by Gasteiger charge is 2.24. The van der Waals surface area contributed by atoms with Crippen LogP contribution in [-0.2, 0) is 11.3 Å². The van der Waals surface area contributed by atoms with Crippen LogP contribution < -0.4 is 10.6 Å². The topological polar surface area (TPSA) is 64.3 Å². The summed E-state index contributed by atoms with van der Waals surface area (Å²) in [6.45, 7) is 5.96. The highest BCUT2D eigenvalue weighted by Crippen LogP contribution is 2.28. The molecular formula is C16H28N4O. The number of hydrogen-bond donors (Lipinski definition) is 1. The predicted octanol–water partition coefficient (Wildman–Crippen LogP) is 3.00. The first-order valence-corrected chi connectivity index (χ1v) is 7.99. The summed E-state index contributed by atoms with van der Waals surface area (Å²) < 4.78 is 5.14. The number of hydrogen-bond acceptors (Lipinski definition) is 5. The van der Waals surface area contributed by atoms with Gasteiger partial charge in [-0.15, -0.1) is 0 Å². The maximum Gasteiger partial charge on any atom is 0.158 e. The summed E-state index contributed by atoms with van der Waals surface area (Å²) in [6.07, 6.45) is 6.30. The van der Waals surface area contributed by atoms with E-state index in [-0.39, 0.29) is 0 Å². The second-order valence-electron chi connectivity index (χ2n) is 6.31. The van der Waals surface area contributed by atoms with Crippen molar-refractivity contribution in [3.05, 3.63) is 11.9 Å². The van der Waals surface area contributed by atoms with Gasteiger partial charge in [0.2, 0.25) is 0 Å². The molecule has 0 saturated heterocycles. The van der Waals surface area contributed by atoms with Crippen molar-refractivity contribution < 1.29 is 4.74 Å². The van der Waals surface area contributed by atoms with Gasteiger partial charge in [0.15, 0.2) is 5.82 Å². The molecule has 1 saturated carbocycles. The normalized spacial score (nSPS) is 15.8. The molecule has 0 radical (unpaired) electrons. The van der Waals surface area contributed by atoms with Crippen molar-refractivity contribution in [1.29, 1.82) is 0 Å². The summed E-state index contributed by atoms with van der Waals surface area (Å²) in [5.74, 6) is 2.84. The molecule has 5 heteroatoms. The summed E-state index contributed by atoms with van der Waals surface area (Å²) in [7, 11) is 1.65. The van der Waals surface area contributed by atoms with Crippen molar-refractivity contribution >= 4 is 11.6 Å². The van der Waals surface area contributed by atoms with Gasteiger partial charge >= 0.3 is 0 Å². The van der Waals surface area contributed by atoms with E-state index in [9.17, 15) is 0 Å². The zero-order valence-electron chi connectivity index (χ0n) is 13.5. The average Bonchev–Trinajstić information content (AvgIpc) is 2.92. The molecule has 1 fully saturated rings. The van der Waals surface area contributed by atoms with Gasteiger partial charge < -0.3 is 15.4 Å². The van der Waals surface area contributed by atoms with Crippen molar-refractivity contribution in [2.45, 2.75) is 58.6 Å². The van der Waals surface area contributed by atoms with E-state index in [1.807, 2.05) is 6.07 Å². The first-order valence-electron chi connectivity index (χ1n) is 7.99. The van der Waals surface area contributed by atoms with E-state index >= 15 is 0 Å². The smallest absolute Gasteiger partial charge is 0.158 e. The molecule has 0 aliphatic heterocycles. The SMILES string of the molecule is COCc1nc(N)cc(N(CCC(C)C)C2CCCC2)n1. The molecule has 0 amide bonds. The van der Waals surface area contributed by atoms with E-state index in [1.165, 1.54) is 32.1 Å². The van der Waals surface area contributed by atoms with Gasteiger partial charge in [0.1, 0.15) is 18.2 Å². The Kier molecular flexibility index (Phi) is 5.79. The molecule has 118 valence electrons. The van der Waals surface area contributed by atoms with Crippen LogP contribution in [0.15, 0.2) is 6.07 Å².